The Bertz CT molecular complexity index is 843. The van der Waals surface area contributed by atoms with E-state index in [-0.39, 0.29) is 5.91 Å². The van der Waals surface area contributed by atoms with Gasteiger partial charge in [0.2, 0.25) is 5.91 Å². The molecule has 1 N–H and O–H groups in total. The fourth-order valence-electron chi connectivity index (χ4n) is 2.34. The topological polar surface area (TPSA) is 42.0 Å². The van der Waals surface area contributed by atoms with Crippen molar-refractivity contribution < 1.29 is 4.79 Å². The molecule has 0 saturated heterocycles. The van der Waals surface area contributed by atoms with Gasteiger partial charge in [0, 0.05) is 17.7 Å². The van der Waals surface area contributed by atoms with Crippen LogP contribution in [-0.2, 0) is 11.2 Å². The average molecular weight is 320 g/mol. The van der Waals surface area contributed by atoms with E-state index in [4.69, 9.17) is 6.42 Å². The van der Waals surface area contributed by atoms with E-state index in [1.165, 1.54) is 4.70 Å². The van der Waals surface area contributed by atoms with Crippen LogP contribution in [0, 0.1) is 12.3 Å². The molecule has 0 aliphatic rings. The number of fused-ring (bicyclic) bond motifs is 1. The number of terminal acetylenes is 1. The molecule has 3 nitrogen and oxygen atoms in total. The Balaban J connectivity index is 1.52. The number of carbonyl (C=O) groups is 1. The number of aromatic nitrogens is 1. The molecule has 0 spiro atoms. The number of nitrogens with zero attached hydrogens (tertiary/aromatic N) is 1. The first kappa shape index (κ1) is 15.3. The van der Waals surface area contributed by atoms with E-state index in [1.807, 2.05) is 36.4 Å². The van der Waals surface area contributed by atoms with Crippen LogP contribution in [0.1, 0.15) is 23.4 Å². The third-order valence-corrected chi connectivity index (χ3v) is 4.54. The van der Waals surface area contributed by atoms with Gasteiger partial charge in [-0.3, -0.25) is 4.79 Å². The van der Waals surface area contributed by atoms with E-state index in [2.05, 4.69) is 22.3 Å². The van der Waals surface area contributed by atoms with Crippen molar-refractivity contribution in [3.8, 4) is 12.3 Å². The highest BCUT2D eigenvalue weighted by atomic mass is 32.1. The number of para-hydroxylation sites is 1. The van der Waals surface area contributed by atoms with Gasteiger partial charge in [-0.15, -0.1) is 17.8 Å². The molecule has 0 fully saturated rings. The first-order valence-electron chi connectivity index (χ1n) is 7.45. The van der Waals surface area contributed by atoms with Crippen LogP contribution in [0.25, 0.3) is 10.2 Å². The highest BCUT2D eigenvalue weighted by Crippen LogP contribution is 2.22. The van der Waals surface area contributed by atoms with Gasteiger partial charge in [0.1, 0.15) is 0 Å². The summed E-state index contributed by atoms with van der Waals surface area (Å²) >= 11 is 1.69. The van der Waals surface area contributed by atoms with Crippen LogP contribution in [-0.4, -0.2) is 10.9 Å². The van der Waals surface area contributed by atoms with Crippen LogP contribution in [0.5, 0.6) is 0 Å². The molecular weight excluding hydrogens is 304 g/mol. The standard InChI is InChI=1S/C19H16N2OS/c1-2-14-7-5-8-15(13-14)20-18(22)11-6-12-19-21-16-9-3-4-10-17(16)23-19/h1,3-5,7-10,13H,6,11-12H2,(H,20,22). The zero-order chi connectivity index (χ0) is 16.1. The van der Waals surface area contributed by atoms with Crippen LogP contribution in [0.15, 0.2) is 48.5 Å². The fraction of sp³-hybridized carbons (Fsp3) is 0.158. The van der Waals surface area contributed by atoms with Crippen LogP contribution >= 0.6 is 11.3 Å². The second-order valence-corrected chi connectivity index (χ2v) is 6.32. The number of thiazole rings is 1. The molecule has 1 amide bonds. The second kappa shape index (κ2) is 7.08. The summed E-state index contributed by atoms with van der Waals surface area (Å²) < 4.78 is 1.19. The molecule has 0 unspecified atom stereocenters. The van der Waals surface area contributed by atoms with Gasteiger partial charge in [-0.25, -0.2) is 4.98 Å². The Labute approximate surface area is 139 Å². The Kier molecular flexibility index (Phi) is 4.70. The number of amides is 1. The van der Waals surface area contributed by atoms with Crippen molar-refractivity contribution in [2.24, 2.45) is 0 Å². The number of rotatable bonds is 5. The molecule has 114 valence electrons. The summed E-state index contributed by atoms with van der Waals surface area (Å²) in [6.45, 7) is 0. The first-order valence-corrected chi connectivity index (χ1v) is 8.27. The maximum absolute atomic E-state index is 12.0. The number of hydrogen-bond acceptors (Lipinski definition) is 3. The monoisotopic (exact) mass is 320 g/mol. The molecule has 0 aliphatic carbocycles. The lowest BCUT2D eigenvalue weighted by Crippen LogP contribution is -2.11. The van der Waals surface area contributed by atoms with Crippen molar-refractivity contribution in [2.75, 3.05) is 5.32 Å². The van der Waals surface area contributed by atoms with Crippen LogP contribution in [0.2, 0.25) is 0 Å². The summed E-state index contributed by atoms with van der Waals surface area (Å²) in [5, 5.41) is 3.96. The average Bonchev–Trinajstić information content (AvgIpc) is 2.97. The Morgan fingerprint density at radius 2 is 2.09 bits per heavy atom. The van der Waals surface area contributed by atoms with Gasteiger partial charge in [0.25, 0.3) is 0 Å². The molecule has 0 bridgehead atoms. The molecule has 3 rings (SSSR count). The third kappa shape index (κ3) is 3.97. The number of nitrogens with one attached hydrogen (secondary N) is 1. The first-order chi connectivity index (χ1) is 11.2. The lowest BCUT2D eigenvalue weighted by molar-refractivity contribution is -0.116. The molecule has 3 aromatic rings. The lowest BCUT2D eigenvalue weighted by Gasteiger charge is -2.05. The molecule has 0 atom stereocenters. The Morgan fingerprint density at radius 3 is 2.91 bits per heavy atom. The molecule has 0 radical (unpaired) electrons. The molecule has 0 aliphatic heterocycles. The molecule has 1 heterocycles. The molecule has 1 aromatic heterocycles. The fourth-order valence-corrected chi connectivity index (χ4v) is 3.35. The molecule has 0 saturated carbocycles. The van der Waals surface area contributed by atoms with E-state index in [9.17, 15) is 4.79 Å². The highest BCUT2D eigenvalue weighted by molar-refractivity contribution is 7.18. The number of anilines is 1. The van der Waals surface area contributed by atoms with E-state index in [0.29, 0.717) is 6.42 Å². The van der Waals surface area contributed by atoms with Crippen molar-refractivity contribution >= 4 is 33.1 Å². The van der Waals surface area contributed by atoms with Gasteiger partial charge in [0.15, 0.2) is 0 Å². The number of benzene rings is 2. The van der Waals surface area contributed by atoms with Gasteiger partial charge < -0.3 is 5.32 Å². The van der Waals surface area contributed by atoms with E-state index in [0.717, 1.165) is 34.6 Å². The normalized spacial score (nSPS) is 10.4. The number of hydrogen-bond donors (Lipinski definition) is 1. The van der Waals surface area contributed by atoms with E-state index >= 15 is 0 Å². The SMILES string of the molecule is C#Cc1cccc(NC(=O)CCCc2nc3ccccc3s2)c1. The summed E-state index contributed by atoms with van der Waals surface area (Å²) in [5.74, 6) is 2.56. The molecule has 4 heteroatoms. The highest BCUT2D eigenvalue weighted by Gasteiger charge is 2.06. The van der Waals surface area contributed by atoms with E-state index in [1.54, 1.807) is 17.4 Å². The van der Waals surface area contributed by atoms with Gasteiger partial charge in [0.05, 0.1) is 15.2 Å². The molecular formula is C19H16N2OS. The predicted octanol–water partition coefficient (Wildman–Crippen LogP) is 4.24. The van der Waals surface area contributed by atoms with Gasteiger partial charge >= 0.3 is 0 Å². The van der Waals surface area contributed by atoms with E-state index < -0.39 is 0 Å². The summed E-state index contributed by atoms with van der Waals surface area (Å²) in [6.07, 6.45) is 7.42. The summed E-state index contributed by atoms with van der Waals surface area (Å²) in [6, 6.07) is 15.4. The third-order valence-electron chi connectivity index (χ3n) is 3.45. The van der Waals surface area contributed by atoms with Gasteiger partial charge in [-0.2, -0.15) is 0 Å². The van der Waals surface area contributed by atoms with Gasteiger partial charge in [-0.05, 0) is 43.2 Å². The number of carbonyl (C=O) groups excluding carboxylic acids is 1. The zero-order valence-corrected chi connectivity index (χ0v) is 13.4. The smallest absolute Gasteiger partial charge is 0.224 e. The predicted molar refractivity (Wildman–Crippen MR) is 95.6 cm³/mol. The van der Waals surface area contributed by atoms with Crippen molar-refractivity contribution in [1.29, 1.82) is 0 Å². The lowest BCUT2D eigenvalue weighted by atomic mass is 10.2. The Hall–Kier alpha value is -2.64. The maximum atomic E-state index is 12.0. The van der Waals surface area contributed by atoms with Crippen molar-refractivity contribution in [1.82, 2.24) is 4.98 Å². The van der Waals surface area contributed by atoms with Crippen LogP contribution in [0.3, 0.4) is 0 Å². The minimum absolute atomic E-state index is 0.000262. The van der Waals surface area contributed by atoms with Crippen molar-refractivity contribution in [2.45, 2.75) is 19.3 Å². The number of aryl methyl sites for hydroxylation is 1. The minimum Gasteiger partial charge on any atom is -0.326 e. The van der Waals surface area contributed by atoms with Crippen molar-refractivity contribution in [3.63, 3.8) is 0 Å². The summed E-state index contributed by atoms with van der Waals surface area (Å²) in [7, 11) is 0. The minimum atomic E-state index is 0.000262. The van der Waals surface area contributed by atoms with Crippen LogP contribution in [0.4, 0.5) is 5.69 Å². The summed E-state index contributed by atoms with van der Waals surface area (Å²) in [5.41, 5.74) is 2.53. The van der Waals surface area contributed by atoms with Gasteiger partial charge in [-0.1, -0.05) is 24.1 Å². The molecule has 2 aromatic carbocycles. The maximum Gasteiger partial charge on any atom is 0.224 e. The summed E-state index contributed by atoms with van der Waals surface area (Å²) in [4.78, 5) is 16.6. The quantitative estimate of drug-likeness (QED) is 0.715. The van der Waals surface area contributed by atoms with Crippen LogP contribution < -0.4 is 5.32 Å². The van der Waals surface area contributed by atoms with Crippen molar-refractivity contribution in [3.05, 3.63) is 59.1 Å². The Morgan fingerprint density at radius 1 is 1.22 bits per heavy atom. The molecule has 23 heavy (non-hydrogen) atoms. The zero-order valence-electron chi connectivity index (χ0n) is 12.6. The second-order valence-electron chi connectivity index (χ2n) is 5.20. The largest absolute Gasteiger partial charge is 0.326 e.